The average molecular weight is 519 g/mol. The molecule has 3 heteroatoms. The number of aryl methyl sites for hydroxylation is 3. The first-order valence-corrected chi connectivity index (χ1v) is 14.0. The fourth-order valence-electron chi connectivity index (χ4n) is 5.83. The van der Waals surface area contributed by atoms with Crippen molar-refractivity contribution in [3.63, 3.8) is 0 Å². The Kier molecular flexibility index (Phi) is 5.47. The monoisotopic (exact) mass is 518 g/mol. The lowest BCUT2D eigenvalue weighted by molar-refractivity contribution is 1.16. The number of fused-ring (bicyclic) bond motifs is 4. The molecule has 0 aliphatic carbocycles. The number of para-hydroxylation sites is 1. The maximum absolute atomic E-state index is 10.0. The Morgan fingerprint density at radius 1 is 0.667 bits per heavy atom. The highest BCUT2D eigenvalue weighted by atomic mass is 32.2. The van der Waals surface area contributed by atoms with E-state index in [1.807, 2.05) is 17.8 Å². The second-order valence-electron chi connectivity index (χ2n) is 10.3. The second kappa shape index (κ2) is 9.05. The SMILES string of the molecule is Cc1ccc2c(c1)N(c1ccc3cc(-c4c(C#N)ccc5c(C)ccc(C)c45)ccc3c1)c1ccccc1S2. The van der Waals surface area contributed by atoms with Crippen LogP contribution in [0.15, 0.2) is 113 Å². The first-order valence-electron chi connectivity index (χ1n) is 13.2. The largest absolute Gasteiger partial charge is 0.308 e. The van der Waals surface area contributed by atoms with E-state index in [1.165, 1.54) is 54.0 Å². The fourth-order valence-corrected chi connectivity index (χ4v) is 6.87. The molecule has 2 nitrogen and oxygen atoms in total. The van der Waals surface area contributed by atoms with Crippen molar-refractivity contribution in [2.75, 3.05) is 4.90 Å². The summed E-state index contributed by atoms with van der Waals surface area (Å²) in [5.41, 5.74) is 10.0. The lowest BCUT2D eigenvalue weighted by atomic mass is 9.89. The van der Waals surface area contributed by atoms with Gasteiger partial charge in [0.2, 0.25) is 0 Å². The van der Waals surface area contributed by atoms with Crippen LogP contribution in [0.2, 0.25) is 0 Å². The minimum atomic E-state index is 0.710. The molecule has 0 amide bonds. The van der Waals surface area contributed by atoms with Gasteiger partial charge in [0.15, 0.2) is 0 Å². The van der Waals surface area contributed by atoms with Gasteiger partial charge in [0, 0.05) is 21.0 Å². The number of rotatable bonds is 2. The van der Waals surface area contributed by atoms with E-state index in [0.29, 0.717) is 5.56 Å². The molecule has 6 aromatic rings. The molecule has 1 aliphatic rings. The summed E-state index contributed by atoms with van der Waals surface area (Å²) in [5.74, 6) is 0. The van der Waals surface area contributed by atoms with Crippen molar-refractivity contribution in [3.05, 3.63) is 125 Å². The third kappa shape index (κ3) is 3.80. The van der Waals surface area contributed by atoms with Crippen LogP contribution < -0.4 is 4.90 Å². The van der Waals surface area contributed by atoms with Crippen molar-refractivity contribution >= 4 is 50.4 Å². The molecule has 7 rings (SSSR count). The van der Waals surface area contributed by atoms with Crippen LogP contribution in [0.3, 0.4) is 0 Å². The molecule has 0 saturated carbocycles. The zero-order valence-electron chi connectivity index (χ0n) is 22.1. The standard InChI is InChI=1S/C36H26N2S/c1-22-8-17-34-32(18-22)38(31-6-4-5-7-33(31)39-34)29-15-13-25-19-27(12-11-26(25)20-29)36-28(21-37)14-16-30-23(2)9-10-24(3)35(30)36/h4-20H,1-3H3. The molecule has 39 heavy (non-hydrogen) atoms. The zero-order chi connectivity index (χ0) is 26.7. The number of benzene rings is 6. The molecule has 0 aromatic heterocycles. The predicted octanol–water partition coefficient (Wildman–Crippen LogP) is 10.4. The minimum Gasteiger partial charge on any atom is -0.308 e. The predicted molar refractivity (Wildman–Crippen MR) is 165 cm³/mol. The quantitative estimate of drug-likeness (QED) is 0.228. The van der Waals surface area contributed by atoms with Gasteiger partial charge in [0.1, 0.15) is 0 Å². The van der Waals surface area contributed by atoms with Crippen LogP contribution in [-0.4, -0.2) is 0 Å². The summed E-state index contributed by atoms with van der Waals surface area (Å²) >= 11 is 1.83. The summed E-state index contributed by atoms with van der Waals surface area (Å²) in [6.07, 6.45) is 0. The third-order valence-corrected chi connectivity index (χ3v) is 8.91. The van der Waals surface area contributed by atoms with E-state index in [4.69, 9.17) is 0 Å². The van der Waals surface area contributed by atoms with E-state index in [1.54, 1.807) is 0 Å². The van der Waals surface area contributed by atoms with Gasteiger partial charge >= 0.3 is 0 Å². The van der Waals surface area contributed by atoms with E-state index in [0.717, 1.165) is 22.2 Å². The molecule has 0 bridgehead atoms. The molecule has 0 spiro atoms. The third-order valence-electron chi connectivity index (χ3n) is 7.78. The van der Waals surface area contributed by atoms with Gasteiger partial charge in [-0.2, -0.15) is 5.26 Å². The number of hydrogen-bond donors (Lipinski definition) is 0. The van der Waals surface area contributed by atoms with Crippen LogP contribution >= 0.6 is 11.8 Å². The Morgan fingerprint density at radius 3 is 2.31 bits per heavy atom. The molecule has 0 N–H and O–H groups in total. The molecule has 6 aromatic carbocycles. The van der Waals surface area contributed by atoms with Crippen LogP contribution in [0.25, 0.3) is 32.7 Å². The minimum absolute atomic E-state index is 0.710. The summed E-state index contributed by atoms with van der Waals surface area (Å²) in [5, 5.41) is 14.7. The summed E-state index contributed by atoms with van der Waals surface area (Å²) in [4.78, 5) is 4.90. The number of hydrogen-bond acceptors (Lipinski definition) is 3. The van der Waals surface area contributed by atoms with Gasteiger partial charge in [-0.15, -0.1) is 0 Å². The van der Waals surface area contributed by atoms with Gasteiger partial charge in [-0.3, -0.25) is 0 Å². The van der Waals surface area contributed by atoms with E-state index >= 15 is 0 Å². The molecule has 1 heterocycles. The Labute approximate surface area is 233 Å². The maximum atomic E-state index is 10.0. The van der Waals surface area contributed by atoms with E-state index < -0.39 is 0 Å². The molecule has 0 saturated heterocycles. The highest BCUT2D eigenvalue weighted by Gasteiger charge is 2.25. The molecule has 0 atom stereocenters. The van der Waals surface area contributed by atoms with Crippen LogP contribution in [0.5, 0.6) is 0 Å². The molecule has 186 valence electrons. The first-order chi connectivity index (χ1) is 19.0. The lowest BCUT2D eigenvalue weighted by Crippen LogP contribution is -2.14. The van der Waals surface area contributed by atoms with E-state index in [9.17, 15) is 5.26 Å². The normalized spacial score (nSPS) is 12.3. The van der Waals surface area contributed by atoms with Crippen LogP contribution in [-0.2, 0) is 0 Å². The van der Waals surface area contributed by atoms with Crippen molar-refractivity contribution in [2.45, 2.75) is 30.6 Å². The Hall–Kier alpha value is -4.52. The lowest BCUT2D eigenvalue weighted by Gasteiger charge is -2.33. The molecular weight excluding hydrogens is 492 g/mol. The summed E-state index contributed by atoms with van der Waals surface area (Å²) < 4.78 is 0. The van der Waals surface area contributed by atoms with Gasteiger partial charge < -0.3 is 4.90 Å². The van der Waals surface area contributed by atoms with Gasteiger partial charge in [-0.05, 0) is 113 Å². The first kappa shape index (κ1) is 23.6. The van der Waals surface area contributed by atoms with Crippen molar-refractivity contribution < 1.29 is 0 Å². The summed E-state index contributed by atoms with van der Waals surface area (Å²) in [6, 6.07) is 39.4. The number of anilines is 3. The topological polar surface area (TPSA) is 27.0 Å². The van der Waals surface area contributed by atoms with Gasteiger partial charge in [-0.25, -0.2) is 0 Å². The zero-order valence-corrected chi connectivity index (χ0v) is 22.9. The summed E-state index contributed by atoms with van der Waals surface area (Å²) in [6.45, 7) is 6.42. The highest BCUT2D eigenvalue weighted by molar-refractivity contribution is 7.99. The molecule has 0 unspecified atom stereocenters. The maximum Gasteiger partial charge on any atom is 0.0998 e. The Bertz CT molecular complexity index is 2000. The van der Waals surface area contributed by atoms with Crippen LogP contribution in [0.4, 0.5) is 17.1 Å². The van der Waals surface area contributed by atoms with Gasteiger partial charge in [0.25, 0.3) is 0 Å². The van der Waals surface area contributed by atoms with Gasteiger partial charge in [0.05, 0.1) is 23.0 Å². The Balaban J connectivity index is 1.40. The smallest absolute Gasteiger partial charge is 0.0998 e. The van der Waals surface area contributed by atoms with Gasteiger partial charge in [-0.1, -0.05) is 66.4 Å². The molecule has 1 aliphatic heterocycles. The van der Waals surface area contributed by atoms with E-state index in [2.05, 4.69) is 129 Å². The Morgan fingerprint density at radius 2 is 1.44 bits per heavy atom. The number of nitriles is 1. The second-order valence-corrected chi connectivity index (χ2v) is 11.4. The van der Waals surface area contributed by atoms with E-state index in [-0.39, 0.29) is 0 Å². The molecule has 0 radical (unpaired) electrons. The van der Waals surface area contributed by atoms with Crippen LogP contribution in [0, 0.1) is 32.1 Å². The fraction of sp³-hybridized carbons (Fsp3) is 0.0833. The summed E-state index contributed by atoms with van der Waals surface area (Å²) in [7, 11) is 0. The van der Waals surface area contributed by atoms with Crippen LogP contribution in [0.1, 0.15) is 22.3 Å². The van der Waals surface area contributed by atoms with Crippen molar-refractivity contribution in [2.24, 2.45) is 0 Å². The molecule has 0 fully saturated rings. The van der Waals surface area contributed by atoms with Crippen molar-refractivity contribution in [3.8, 4) is 17.2 Å². The number of nitrogens with zero attached hydrogens (tertiary/aromatic N) is 2. The van der Waals surface area contributed by atoms with Crippen molar-refractivity contribution in [1.82, 2.24) is 0 Å². The highest BCUT2D eigenvalue weighted by Crippen LogP contribution is 2.51. The van der Waals surface area contributed by atoms with Crippen molar-refractivity contribution in [1.29, 1.82) is 5.26 Å². The average Bonchev–Trinajstić information content (AvgIpc) is 2.96. The molecular formula is C36H26N2S.